The number of hydrogen-bond acceptors (Lipinski definition) is 2. The summed E-state index contributed by atoms with van der Waals surface area (Å²) in [5, 5.41) is 3.11. The van der Waals surface area contributed by atoms with Crippen LogP contribution < -0.4 is 10.1 Å². The maximum Gasteiger partial charge on any atom is 0.258 e. The normalized spacial score (nSPS) is 16.9. The van der Waals surface area contributed by atoms with E-state index in [0.717, 1.165) is 22.9 Å². The first-order chi connectivity index (χ1) is 10.1. The lowest BCUT2D eigenvalue weighted by atomic mass is 9.97. The molecule has 1 N–H and O–H groups in total. The fraction of sp³-hybridized carbons (Fsp3) is 0.588. The van der Waals surface area contributed by atoms with E-state index >= 15 is 0 Å². The summed E-state index contributed by atoms with van der Waals surface area (Å²) in [7, 11) is 0. The van der Waals surface area contributed by atoms with Gasteiger partial charge in [-0.2, -0.15) is 0 Å². The summed E-state index contributed by atoms with van der Waals surface area (Å²) in [6.45, 7) is 2.11. The van der Waals surface area contributed by atoms with Crippen LogP contribution in [0.1, 0.15) is 50.5 Å². The molecule has 0 heterocycles. The van der Waals surface area contributed by atoms with Crippen LogP contribution >= 0.6 is 15.9 Å². The Kier molecular flexibility index (Phi) is 6.55. The molecule has 1 aliphatic rings. The number of benzene rings is 1. The zero-order valence-electron chi connectivity index (χ0n) is 12.7. The van der Waals surface area contributed by atoms with Crippen LogP contribution in [0.4, 0.5) is 0 Å². The fourth-order valence-corrected chi connectivity index (χ4v) is 3.34. The zero-order chi connectivity index (χ0) is 15.1. The molecule has 0 aromatic heterocycles. The second kappa shape index (κ2) is 8.42. The molecule has 2 rings (SSSR count). The molecule has 1 fully saturated rings. The number of halogens is 1. The highest BCUT2D eigenvalue weighted by Gasteiger charge is 2.14. The molecule has 0 bridgehead atoms. The first-order valence-electron chi connectivity index (χ1n) is 7.83. The molecule has 1 aromatic rings. The van der Waals surface area contributed by atoms with Gasteiger partial charge in [-0.25, -0.2) is 0 Å². The van der Waals surface area contributed by atoms with Crippen molar-refractivity contribution in [2.45, 2.75) is 57.9 Å². The summed E-state index contributed by atoms with van der Waals surface area (Å²) < 4.78 is 6.48. The van der Waals surface area contributed by atoms with E-state index in [9.17, 15) is 4.79 Å². The van der Waals surface area contributed by atoms with Crippen molar-refractivity contribution in [3.63, 3.8) is 0 Å². The molecule has 1 amide bonds. The summed E-state index contributed by atoms with van der Waals surface area (Å²) >= 11 is 3.46. The summed E-state index contributed by atoms with van der Waals surface area (Å²) in [4.78, 5) is 12.0. The van der Waals surface area contributed by atoms with Gasteiger partial charge in [0.1, 0.15) is 5.75 Å². The molecule has 3 nitrogen and oxygen atoms in total. The van der Waals surface area contributed by atoms with Crippen LogP contribution in [-0.4, -0.2) is 18.6 Å². The molecular formula is C17H24BrNO2. The summed E-state index contributed by atoms with van der Waals surface area (Å²) in [5.41, 5.74) is 1.16. The van der Waals surface area contributed by atoms with Gasteiger partial charge in [0.15, 0.2) is 6.61 Å². The maximum absolute atomic E-state index is 12.0. The molecule has 1 saturated carbocycles. The van der Waals surface area contributed by atoms with Crippen molar-refractivity contribution in [3.8, 4) is 5.75 Å². The Bertz CT molecular complexity index is 468. The third-order valence-electron chi connectivity index (χ3n) is 3.92. The van der Waals surface area contributed by atoms with Crippen molar-refractivity contribution in [1.29, 1.82) is 0 Å². The van der Waals surface area contributed by atoms with Crippen LogP contribution in [0.2, 0.25) is 0 Å². The molecule has 1 aliphatic carbocycles. The molecule has 1 aromatic carbocycles. The highest BCUT2D eigenvalue weighted by molar-refractivity contribution is 9.10. The predicted molar refractivity (Wildman–Crippen MR) is 88.6 cm³/mol. The third-order valence-corrected chi connectivity index (χ3v) is 4.54. The first-order valence-corrected chi connectivity index (χ1v) is 8.63. The van der Waals surface area contributed by atoms with Crippen LogP contribution in [0.3, 0.4) is 0 Å². The molecule has 0 radical (unpaired) electrons. The molecular weight excluding hydrogens is 330 g/mol. The van der Waals surface area contributed by atoms with Gasteiger partial charge in [-0.3, -0.25) is 4.79 Å². The van der Waals surface area contributed by atoms with E-state index in [1.54, 1.807) is 0 Å². The number of aryl methyl sites for hydroxylation is 1. The van der Waals surface area contributed by atoms with E-state index in [2.05, 4.69) is 21.2 Å². The molecule has 0 spiro atoms. The summed E-state index contributed by atoms with van der Waals surface area (Å²) in [5.74, 6) is 0.696. The Morgan fingerprint density at radius 3 is 2.57 bits per heavy atom. The van der Waals surface area contributed by atoms with E-state index in [4.69, 9.17) is 4.74 Å². The van der Waals surface area contributed by atoms with E-state index in [0.29, 0.717) is 11.8 Å². The summed E-state index contributed by atoms with van der Waals surface area (Å²) in [6, 6.07) is 6.18. The number of ether oxygens (including phenoxy) is 1. The minimum Gasteiger partial charge on any atom is -0.483 e. The fourth-order valence-electron chi connectivity index (χ4n) is 2.74. The number of rotatable bonds is 4. The third kappa shape index (κ3) is 5.70. The Labute approximate surface area is 135 Å². The van der Waals surface area contributed by atoms with Crippen molar-refractivity contribution in [3.05, 3.63) is 28.2 Å². The second-order valence-electron chi connectivity index (χ2n) is 5.83. The van der Waals surface area contributed by atoms with Gasteiger partial charge in [-0.1, -0.05) is 38.2 Å². The van der Waals surface area contributed by atoms with Crippen molar-refractivity contribution in [1.82, 2.24) is 5.32 Å². The van der Waals surface area contributed by atoms with Crippen LogP contribution in [-0.2, 0) is 4.79 Å². The van der Waals surface area contributed by atoms with Crippen molar-refractivity contribution in [2.75, 3.05) is 6.61 Å². The van der Waals surface area contributed by atoms with Crippen LogP contribution in [0.5, 0.6) is 5.75 Å². The Morgan fingerprint density at radius 1 is 1.24 bits per heavy atom. The van der Waals surface area contributed by atoms with Crippen LogP contribution in [0, 0.1) is 6.92 Å². The average Bonchev–Trinajstić information content (AvgIpc) is 2.41. The lowest BCUT2D eigenvalue weighted by Gasteiger charge is -2.21. The number of carbonyl (C=O) groups is 1. The lowest BCUT2D eigenvalue weighted by molar-refractivity contribution is -0.123. The van der Waals surface area contributed by atoms with Crippen molar-refractivity contribution < 1.29 is 9.53 Å². The molecule has 116 valence electrons. The minimum absolute atomic E-state index is 0.0203. The lowest BCUT2D eigenvalue weighted by Crippen LogP contribution is -2.38. The quantitative estimate of drug-likeness (QED) is 0.872. The Morgan fingerprint density at radius 2 is 1.90 bits per heavy atom. The van der Waals surface area contributed by atoms with Crippen LogP contribution in [0.25, 0.3) is 0 Å². The smallest absolute Gasteiger partial charge is 0.258 e. The monoisotopic (exact) mass is 353 g/mol. The number of amides is 1. The van der Waals surface area contributed by atoms with Gasteiger partial charge in [-0.15, -0.1) is 0 Å². The first kappa shape index (κ1) is 16.3. The van der Waals surface area contributed by atoms with Gasteiger partial charge in [0.2, 0.25) is 0 Å². The Balaban J connectivity index is 1.78. The average molecular weight is 354 g/mol. The number of nitrogens with one attached hydrogen (secondary N) is 1. The standard InChI is InChI=1S/C17H24BrNO2/c1-13-9-10-16(15(18)11-13)21-12-17(20)19-14-7-5-3-2-4-6-8-14/h9-11,14H,2-8,12H2,1H3,(H,19,20). The molecule has 0 saturated heterocycles. The van der Waals surface area contributed by atoms with E-state index in [1.165, 1.54) is 32.1 Å². The highest BCUT2D eigenvalue weighted by atomic mass is 79.9. The zero-order valence-corrected chi connectivity index (χ0v) is 14.2. The van der Waals surface area contributed by atoms with E-state index in [1.807, 2.05) is 25.1 Å². The largest absolute Gasteiger partial charge is 0.483 e. The molecule has 21 heavy (non-hydrogen) atoms. The molecule has 0 unspecified atom stereocenters. The molecule has 0 aliphatic heterocycles. The van der Waals surface area contributed by atoms with Crippen molar-refractivity contribution in [2.24, 2.45) is 0 Å². The van der Waals surface area contributed by atoms with Gasteiger partial charge in [0.05, 0.1) is 4.47 Å². The summed E-state index contributed by atoms with van der Waals surface area (Å²) in [6.07, 6.45) is 8.55. The Hall–Kier alpha value is -1.03. The predicted octanol–water partition coefficient (Wildman–Crippen LogP) is 4.37. The minimum atomic E-state index is -0.0203. The SMILES string of the molecule is Cc1ccc(OCC(=O)NC2CCCCCCC2)c(Br)c1. The number of carbonyl (C=O) groups excluding carboxylic acids is 1. The van der Waals surface area contributed by atoms with Crippen molar-refractivity contribution >= 4 is 21.8 Å². The second-order valence-corrected chi connectivity index (χ2v) is 6.69. The van der Waals surface area contributed by atoms with Gasteiger partial charge in [0.25, 0.3) is 5.91 Å². The van der Waals surface area contributed by atoms with Gasteiger partial charge in [-0.05, 0) is 53.4 Å². The topological polar surface area (TPSA) is 38.3 Å². The maximum atomic E-state index is 12.0. The highest BCUT2D eigenvalue weighted by Crippen LogP contribution is 2.25. The van der Waals surface area contributed by atoms with Gasteiger partial charge < -0.3 is 10.1 Å². The van der Waals surface area contributed by atoms with E-state index < -0.39 is 0 Å². The molecule has 0 atom stereocenters. The van der Waals surface area contributed by atoms with Gasteiger partial charge in [0, 0.05) is 6.04 Å². The van der Waals surface area contributed by atoms with E-state index in [-0.39, 0.29) is 12.5 Å². The molecule has 4 heteroatoms. The van der Waals surface area contributed by atoms with Crippen LogP contribution in [0.15, 0.2) is 22.7 Å². The number of hydrogen-bond donors (Lipinski definition) is 1. The van der Waals surface area contributed by atoms with Gasteiger partial charge >= 0.3 is 0 Å².